The average molecular weight is 235 g/mol. The van der Waals surface area contributed by atoms with E-state index in [9.17, 15) is 4.39 Å². The minimum atomic E-state index is -0.242. The molecule has 17 heavy (non-hydrogen) atoms. The van der Waals surface area contributed by atoms with Crippen LogP contribution in [0.5, 0.6) is 0 Å². The predicted octanol–water partition coefficient (Wildman–Crippen LogP) is 1.90. The molecule has 4 heteroatoms. The number of rotatable bonds is 1. The highest BCUT2D eigenvalue weighted by Gasteiger charge is 2.28. The number of pyridine rings is 1. The molecule has 3 rings (SSSR count). The molecule has 2 aliphatic heterocycles. The molecular weight excluding hydrogens is 217 g/mol. The molecule has 3 heterocycles. The highest BCUT2D eigenvalue weighted by Crippen LogP contribution is 2.24. The summed E-state index contributed by atoms with van der Waals surface area (Å²) in [5.74, 6) is -0.242. The van der Waals surface area contributed by atoms with Gasteiger partial charge in [-0.2, -0.15) is 0 Å². The van der Waals surface area contributed by atoms with E-state index < -0.39 is 0 Å². The second-order valence-electron chi connectivity index (χ2n) is 4.99. The van der Waals surface area contributed by atoms with Gasteiger partial charge in [-0.25, -0.2) is 4.39 Å². The lowest BCUT2D eigenvalue weighted by Gasteiger charge is -2.44. The van der Waals surface area contributed by atoms with Crippen molar-refractivity contribution in [2.24, 2.45) is 0 Å². The van der Waals surface area contributed by atoms with E-state index in [2.05, 4.69) is 14.8 Å². The maximum Gasteiger partial charge on any atom is 0.143 e. The van der Waals surface area contributed by atoms with Gasteiger partial charge in [-0.3, -0.25) is 9.88 Å². The topological polar surface area (TPSA) is 19.4 Å². The monoisotopic (exact) mass is 235 g/mol. The SMILES string of the molecule is Fc1cncc(N2CCN3CCCCC3C2)c1. The van der Waals surface area contributed by atoms with Crippen molar-refractivity contribution in [2.75, 3.05) is 31.1 Å². The fraction of sp³-hybridized carbons (Fsp3) is 0.615. The van der Waals surface area contributed by atoms with E-state index in [1.54, 1.807) is 12.3 Å². The molecule has 0 N–H and O–H groups in total. The van der Waals surface area contributed by atoms with Gasteiger partial charge in [-0.05, 0) is 19.4 Å². The van der Waals surface area contributed by atoms with Gasteiger partial charge in [-0.1, -0.05) is 6.42 Å². The fourth-order valence-corrected chi connectivity index (χ4v) is 2.96. The highest BCUT2D eigenvalue weighted by atomic mass is 19.1. The number of hydrogen-bond acceptors (Lipinski definition) is 3. The Labute approximate surface area is 101 Å². The van der Waals surface area contributed by atoms with E-state index in [0.717, 1.165) is 25.3 Å². The second kappa shape index (κ2) is 4.61. The van der Waals surface area contributed by atoms with E-state index in [0.29, 0.717) is 6.04 Å². The maximum atomic E-state index is 13.2. The van der Waals surface area contributed by atoms with Crippen LogP contribution < -0.4 is 4.90 Å². The molecule has 0 spiro atoms. The zero-order valence-electron chi connectivity index (χ0n) is 9.98. The molecule has 92 valence electrons. The quantitative estimate of drug-likeness (QED) is 0.741. The minimum absolute atomic E-state index is 0.242. The molecule has 0 saturated carbocycles. The van der Waals surface area contributed by atoms with E-state index in [1.807, 2.05) is 0 Å². The molecule has 0 radical (unpaired) electrons. The summed E-state index contributed by atoms with van der Waals surface area (Å²) in [4.78, 5) is 8.78. The third kappa shape index (κ3) is 2.27. The van der Waals surface area contributed by atoms with Crippen molar-refractivity contribution in [3.63, 3.8) is 0 Å². The first kappa shape index (κ1) is 11.0. The van der Waals surface area contributed by atoms with E-state index in [-0.39, 0.29) is 5.82 Å². The predicted molar refractivity (Wildman–Crippen MR) is 65.6 cm³/mol. The summed E-state index contributed by atoms with van der Waals surface area (Å²) in [7, 11) is 0. The molecule has 0 bridgehead atoms. The van der Waals surface area contributed by atoms with Crippen molar-refractivity contribution >= 4 is 5.69 Å². The fourth-order valence-electron chi connectivity index (χ4n) is 2.96. The van der Waals surface area contributed by atoms with Crippen LogP contribution in [0.3, 0.4) is 0 Å². The zero-order valence-corrected chi connectivity index (χ0v) is 9.98. The molecule has 1 aromatic rings. The first-order valence-corrected chi connectivity index (χ1v) is 6.42. The lowest BCUT2D eigenvalue weighted by Crippen LogP contribution is -2.54. The largest absolute Gasteiger partial charge is 0.367 e. The Morgan fingerprint density at radius 2 is 2.12 bits per heavy atom. The van der Waals surface area contributed by atoms with Crippen LogP contribution in [-0.4, -0.2) is 42.1 Å². The molecule has 1 unspecified atom stereocenters. The first-order chi connectivity index (χ1) is 8.33. The van der Waals surface area contributed by atoms with Gasteiger partial charge >= 0.3 is 0 Å². The molecule has 2 fully saturated rings. The number of hydrogen-bond donors (Lipinski definition) is 0. The van der Waals surface area contributed by atoms with Crippen molar-refractivity contribution in [3.05, 3.63) is 24.3 Å². The Kier molecular flexibility index (Phi) is 2.97. The summed E-state index contributed by atoms with van der Waals surface area (Å²) in [5.41, 5.74) is 0.926. The normalized spacial score (nSPS) is 25.7. The van der Waals surface area contributed by atoms with Gasteiger partial charge in [0.1, 0.15) is 5.82 Å². The number of piperidine rings is 1. The molecular formula is C13H18FN3. The van der Waals surface area contributed by atoms with Crippen molar-refractivity contribution < 1.29 is 4.39 Å². The second-order valence-corrected chi connectivity index (χ2v) is 4.99. The molecule has 1 aromatic heterocycles. The first-order valence-electron chi connectivity index (χ1n) is 6.42. The van der Waals surface area contributed by atoms with Gasteiger partial charge in [0.2, 0.25) is 0 Å². The third-order valence-corrected chi connectivity index (χ3v) is 3.89. The zero-order chi connectivity index (χ0) is 11.7. The summed E-state index contributed by atoms with van der Waals surface area (Å²) < 4.78 is 13.2. The van der Waals surface area contributed by atoms with Crippen molar-refractivity contribution in [2.45, 2.75) is 25.3 Å². The standard InChI is InChI=1S/C13H18FN3/c14-11-7-13(9-15-8-11)17-6-5-16-4-2-1-3-12(16)10-17/h7-9,12H,1-6,10H2. The number of halogens is 1. The minimum Gasteiger partial charge on any atom is -0.367 e. The van der Waals surface area contributed by atoms with Crippen LogP contribution in [0.15, 0.2) is 18.5 Å². The summed E-state index contributed by atoms with van der Waals surface area (Å²) in [6, 6.07) is 2.24. The molecule has 0 aliphatic carbocycles. The van der Waals surface area contributed by atoms with Crippen molar-refractivity contribution in [1.82, 2.24) is 9.88 Å². The Morgan fingerprint density at radius 3 is 3.00 bits per heavy atom. The average Bonchev–Trinajstić information content (AvgIpc) is 2.38. The molecule has 2 aliphatic rings. The van der Waals surface area contributed by atoms with Gasteiger partial charge in [0, 0.05) is 31.7 Å². The van der Waals surface area contributed by atoms with E-state index >= 15 is 0 Å². The Bertz CT molecular complexity index is 396. The Balaban J connectivity index is 1.73. The molecule has 0 aromatic carbocycles. The Hall–Kier alpha value is -1.16. The molecule has 1 atom stereocenters. The Morgan fingerprint density at radius 1 is 1.18 bits per heavy atom. The number of aromatic nitrogens is 1. The van der Waals surface area contributed by atoms with Crippen LogP contribution in [-0.2, 0) is 0 Å². The van der Waals surface area contributed by atoms with Crippen LogP contribution in [0, 0.1) is 5.82 Å². The maximum absolute atomic E-state index is 13.2. The number of anilines is 1. The van der Waals surface area contributed by atoms with Crippen molar-refractivity contribution in [1.29, 1.82) is 0 Å². The van der Waals surface area contributed by atoms with Gasteiger partial charge < -0.3 is 4.90 Å². The highest BCUT2D eigenvalue weighted by molar-refractivity contribution is 5.44. The summed E-state index contributed by atoms with van der Waals surface area (Å²) in [6.45, 7) is 4.34. The molecule has 0 amide bonds. The molecule has 3 nitrogen and oxygen atoms in total. The summed E-state index contributed by atoms with van der Waals surface area (Å²) in [5, 5.41) is 0. The lowest BCUT2D eigenvalue weighted by molar-refractivity contribution is 0.133. The van der Waals surface area contributed by atoms with Crippen LogP contribution in [0.2, 0.25) is 0 Å². The summed E-state index contributed by atoms with van der Waals surface area (Å²) in [6.07, 6.45) is 6.97. The van der Waals surface area contributed by atoms with Crippen LogP contribution in [0.1, 0.15) is 19.3 Å². The lowest BCUT2D eigenvalue weighted by atomic mass is 9.99. The van der Waals surface area contributed by atoms with Gasteiger partial charge in [0.15, 0.2) is 0 Å². The molecule has 2 saturated heterocycles. The van der Waals surface area contributed by atoms with Crippen LogP contribution >= 0.6 is 0 Å². The van der Waals surface area contributed by atoms with Crippen LogP contribution in [0.4, 0.5) is 10.1 Å². The van der Waals surface area contributed by atoms with E-state index in [4.69, 9.17) is 0 Å². The smallest absolute Gasteiger partial charge is 0.143 e. The van der Waals surface area contributed by atoms with Crippen LogP contribution in [0.25, 0.3) is 0 Å². The summed E-state index contributed by atoms with van der Waals surface area (Å²) >= 11 is 0. The number of piperazine rings is 1. The van der Waals surface area contributed by atoms with Gasteiger partial charge in [0.25, 0.3) is 0 Å². The van der Waals surface area contributed by atoms with E-state index in [1.165, 1.54) is 32.0 Å². The van der Waals surface area contributed by atoms with Gasteiger partial charge in [0.05, 0.1) is 18.1 Å². The third-order valence-electron chi connectivity index (χ3n) is 3.89. The van der Waals surface area contributed by atoms with Gasteiger partial charge in [-0.15, -0.1) is 0 Å². The number of nitrogens with zero attached hydrogens (tertiary/aromatic N) is 3. The number of fused-ring (bicyclic) bond motifs is 1. The van der Waals surface area contributed by atoms with Crippen molar-refractivity contribution in [3.8, 4) is 0 Å².